The van der Waals surface area contributed by atoms with Crippen molar-refractivity contribution in [1.29, 1.82) is 0 Å². The van der Waals surface area contributed by atoms with Gasteiger partial charge in [-0.1, -0.05) is 30.3 Å². The van der Waals surface area contributed by atoms with Gasteiger partial charge in [0.15, 0.2) is 11.5 Å². The van der Waals surface area contributed by atoms with Crippen LogP contribution in [0.15, 0.2) is 78.1 Å². The first-order valence-corrected chi connectivity index (χ1v) is 13.2. The Bertz CT molecular complexity index is 1670. The molecule has 40 heavy (non-hydrogen) atoms. The highest BCUT2D eigenvalue weighted by Gasteiger charge is 2.42. The number of methoxy groups -OCH3 is 2. The Morgan fingerprint density at radius 3 is 2.50 bits per heavy atom. The summed E-state index contributed by atoms with van der Waals surface area (Å²) in [7, 11) is 5.26. The molecular formula is C32H31N3O5. The lowest BCUT2D eigenvalue weighted by Gasteiger charge is -2.23. The largest absolute Gasteiger partial charge is 0.497 e. The Balaban J connectivity index is 1.47. The highest BCUT2D eigenvalue weighted by Crippen LogP contribution is 2.50. The van der Waals surface area contributed by atoms with E-state index in [9.17, 15) is 9.59 Å². The number of carbonyl (C=O) groups excluding carboxylic acids is 2. The minimum absolute atomic E-state index is 0.199. The first-order valence-electron chi connectivity index (χ1n) is 13.2. The van der Waals surface area contributed by atoms with Crippen LogP contribution in [-0.4, -0.2) is 48.7 Å². The summed E-state index contributed by atoms with van der Waals surface area (Å²) in [5.74, 6) is 0.918. The first-order chi connectivity index (χ1) is 19.4. The zero-order chi connectivity index (χ0) is 28.0. The molecule has 8 nitrogen and oxygen atoms in total. The molecule has 3 heterocycles. The van der Waals surface area contributed by atoms with Gasteiger partial charge in [-0.25, -0.2) is 0 Å². The molecule has 4 aromatic rings. The van der Waals surface area contributed by atoms with Crippen LogP contribution >= 0.6 is 0 Å². The van der Waals surface area contributed by atoms with Crippen LogP contribution in [0.25, 0.3) is 10.9 Å². The van der Waals surface area contributed by atoms with Gasteiger partial charge >= 0.3 is 0 Å². The van der Waals surface area contributed by atoms with Gasteiger partial charge in [0.1, 0.15) is 5.75 Å². The number of nitrogens with zero attached hydrogens (tertiary/aromatic N) is 2. The minimum atomic E-state index is -0.474. The number of aryl methyl sites for hydroxylation is 1. The van der Waals surface area contributed by atoms with E-state index in [0.717, 1.165) is 44.7 Å². The number of hydrogen-bond donors (Lipinski definition) is 1. The third-order valence-corrected chi connectivity index (χ3v) is 7.76. The van der Waals surface area contributed by atoms with E-state index in [0.29, 0.717) is 30.1 Å². The van der Waals surface area contributed by atoms with E-state index >= 15 is 0 Å². The van der Waals surface area contributed by atoms with Crippen LogP contribution in [0.1, 0.15) is 29.5 Å². The maximum Gasteiger partial charge on any atom is 0.259 e. The fraction of sp³-hybridized carbons (Fsp3) is 0.250. The molecule has 0 spiro atoms. The van der Waals surface area contributed by atoms with Crippen LogP contribution in [0, 0.1) is 0 Å². The quantitative estimate of drug-likeness (QED) is 0.357. The summed E-state index contributed by atoms with van der Waals surface area (Å²) in [6.07, 6.45) is 2.75. The Labute approximate surface area is 232 Å². The molecule has 1 atom stereocenters. The minimum Gasteiger partial charge on any atom is -0.497 e. The average Bonchev–Trinajstić information content (AvgIpc) is 3.42. The summed E-state index contributed by atoms with van der Waals surface area (Å²) in [5, 5.41) is 4.55. The smallest absolute Gasteiger partial charge is 0.259 e. The van der Waals surface area contributed by atoms with Crippen LogP contribution in [-0.2, 0) is 23.1 Å². The maximum atomic E-state index is 13.8. The van der Waals surface area contributed by atoms with Crippen LogP contribution in [0.4, 0.5) is 5.69 Å². The topological polar surface area (TPSA) is 82.0 Å². The van der Waals surface area contributed by atoms with E-state index in [1.807, 2.05) is 61.6 Å². The number of anilines is 1. The first kappa shape index (κ1) is 25.6. The standard InChI is InChI=1S/C32H31N3O5/c1-19(36)35-18-25-30(32(35)37)28(23-17-34(2)26-9-6-8-24(33-25)29(23)26)22-7-5-10-27(39-4)31(22)40-16-15-20-11-13-21(38-3)14-12-20/h5-14,17,28,33H,15-16,18H2,1-4H3/t28-/m1/s1. The molecule has 0 saturated heterocycles. The molecule has 0 bridgehead atoms. The summed E-state index contributed by atoms with van der Waals surface area (Å²) in [6, 6.07) is 19.7. The molecule has 0 fully saturated rings. The number of amides is 2. The molecular weight excluding hydrogens is 506 g/mol. The molecule has 1 N–H and O–H groups in total. The molecule has 2 aliphatic heterocycles. The van der Waals surface area contributed by atoms with Gasteiger partial charge in [-0.15, -0.1) is 0 Å². The van der Waals surface area contributed by atoms with Crippen molar-refractivity contribution in [3.05, 3.63) is 94.8 Å². The normalized spacial score (nSPS) is 16.1. The van der Waals surface area contributed by atoms with Crippen LogP contribution in [0.3, 0.4) is 0 Å². The lowest BCUT2D eigenvalue weighted by Crippen LogP contribution is -2.33. The van der Waals surface area contributed by atoms with Crippen LogP contribution in [0.2, 0.25) is 0 Å². The fourth-order valence-corrected chi connectivity index (χ4v) is 5.83. The van der Waals surface area contributed by atoms with Crippen molar-refractivity contribution in [1.82, 2.24) is 9.47 Å². The van der Waals surface area contributed by atoms with Gasteiger partial charge in [-0.3, -0.25) is 14.5 Å². The van der Waals surface area contributed by atoms with Crippen molar-refractivity contribution in [2.45, 2.75) is 19.3 Å². The summed E-state index contributed by atoms with van der Waals surface area (Å²) < 4.78 is 19.6. The highest BCUT2D eigenvalue weighted by atomic mass is 16.5. The second-order valence-electron chi connectivity index (χ2n) is 10.1. The molecule has 204 valence electrons. The predicted molar refractivity (Wildman–Crippen MR) is 153 cm³/mol. The lowest BCUT2D eigenvalue weighted by molar-refractivity contribution is -0.139. The Hall–Kier alpha value is -4.72. The van der Waals surface area contributed by atoms with Crippen molar-refractivity contribution < 1.29 is 23.8 Å². The zero-order valence-corrected chi connectivity index (χ0v) is 23.0. The van der Waals surface area contributed by atoms with Gasteiger partial charge in [0.25, 0.3) is 5.91 Å². The van der Waals surface area contributed by atoms with Gasteiger partial charge in [-0.2, -0.15) is 0 Å². The van der Waals surface area contributed by atoms with Crippen molar-refractivity contribution in [3.63, 3.8) is 0 Å². The molecule has 0 radical (unpaired) electrons. The van der Waals surface area contributed by atoms with E-state index in [2.05, 4.69) is 22.1 Å². The fourth-order valence-electron chi connectivity index (χ4n) is 5.83. The monoisotopic (exact) mass is 537 g/mol. The zero-order valence-electron chi connectivity index (χ0n) is 23.0. The molecule has 3 aromatic carbocycles. The molecule has 0 aliphatic carbocycles. The lowest BCUT2D eigenvalue weighted by atomic mass is 9.83. The number of nitrogens with one attached hydrogen (secondary N) is 1. The number of hydrogen-bond acceptors (Lipinski definition) is 6. The summed E-state index contributed by atoms with van der Waals surface area (Å²) in [5.41, 5.74) is 6.13. The molecule has 0 saturated carbocycles. The van der Waals surface area contributed by atoms with Crippen LogP contribution in [0.5, 0.6) is 17.2 Å². The van der Waals surface area contributed by atoms with Gasteiger partial charge in [0.05, 0.1) is 38.5 Å². The number of benzene rings is 3. The SMILES string of the molecule is COc1ccc(CCOc2c(OC)cccc2[C@H]2C3=C(CN(C(C)=O)C3=O)Nc3cccc4c3c2cn4C)cc1. The van der Waals surface area contributed by atoms with E-state index in [-0.39, 0.29) is 18.4 Å². The summed E-state index contributed by atoms with van der Waals surface area (Å²) in [4.78, 5) is 27.6. The molecule has 8 heteroatoms. The van der Waals surface area contributed by atoms with Gasteiger partial charge in [0.2, 0.25) is 5.91 Å². The number of imide groups is 1. The van der Waals surface area contributed by atoms with Gasteiger partial charge < -0.3 is 24.1 Å². The predicted octanol–water partition coefficient (Wildman–Crippen LogP) is 5.02. The Morgan fingerprint density at radius 2 is 1.77 bits per heavy atom. The third-order valence-electron chi connectivity index (χ3n) is 7.76. The van der Waals surface area contributed by atoms with E-state index < -0.39 is 5.92 Å². The number of rotatable bonds is 7. The van der Waals surface area contributed by atoms with Gasteiger partial charge in [-0.05, 0) is 41.5 Å². The second kappa shape index (κ2) is 10.1. The van der Waals surface area contributed by atoms with Crippen molar-refractivity contribution in [2.75, 3.05) is 32.7 Å². The molecule has 2 amide bonds. The molecule has 1 aromatic heterocycles. The number of carbonyl (C=O) groups is 2. The van der Waals surface area contributed by atoms with Crippen molar-refractivity contribution in [2.24, 2.45) is 7.05 Å². The van der Waals surface area contributed by atoms with Crippen molar-refractivity contribution in [3.8, 4) is 17.2 Å². The maximum absolute atomic E-state index is 13.8. The highest BCUT2D eigenvalue weighted by molar-refractivity contribution is 6.11. The third kappa shape index (κ3) is 4.16. The number of para-hydroxylation sites is 1. The number of ether oxygens (including phenoxy) is 3. The Morgan fingerprint density at radius 1 is 1.00 bits per heavy atom. The molecule has 0 unspecified atom stereocenters. The van der Waals surface area contributed by atoms with E-state index in [1.165, 1.54) is 11.8 Å². The van der Waals surface area contributed by atoms with Gasteiger partial charge in [0, 0.05) is 54.8 Å². The summed E-state index contributed by atoms with van der Waals surface area (Å²) in [6.45, 7) is 2.03. The Kier molecular flexibility index (Phi) is 6.46. The average molecular weight is 538 g/mol. The summed E-state index contributed by atoms with van der Waals surface area (Å²) >= 11 is 0. The molecule has 6 rings (SSSR count). The van der Waals surface area contributed by atoms with Crippen LogP contribution < -0.4 is 19.5 Å². The van der Waals surface area contributed by atoms with Crippen molar-refractivity contribution >= 4 is 28.4 Å². The second-order valence-corrected chi connectivity index (χ2v) is 10.1. The number of aromatic nitrogens is 1. The van der Waals surface area contributed by atoms with E-state index in [4.69, 9.17) is 14.2 Å². The van der Waals surface area contributed by atoms with E-state index in [1.54, 1.807) is 14.2 Å². The molecule has 2 aliphatic rings.